The van der Waals surface area contributed by atoms with Crippen molar-refractivity contribution >= 4 is 11.9 Å². The molecule has 0 rings (SSSR count). The molecular weight excluding hydrogens is 839 g/mol. The van der Waals surface area contributed by atoms with Gasteiger partial charge in [0.05, 0.1) is 25.4 Å². The summed E-state index contributed by atoms with van der Waals surface area (Å²) >= 11 is 0. The summed E-state index contributed by atoms with van der Waals surface area (Å²) in [4.78, 5) is 24.6. The van der Waals surface area contributed by atoms with Gasteiger partial charge in [0.15, 0.2) is 0 Å². The van der Waals surface area contributed by atoms with Crippen LogP contribution in [0.4, 0.5) is 0 Å². The molecule has 6 nitrogen and oxygen atoms in total. The van der Waals surface area contributed by atoms with E-state index in [0.29, 0.717) is 25.9 Å². The van der Waals surface area contributed by atoms with Crippen LogP contribution in [0.5, 0.6) is 0 Å². The Kier molecular flexibility index (Phi) is 57.0. The molecule has 2 atom stereocenters. The number of allylic oxidation sites excluding steroid dienone is 2. The molecule has 0 bridgehead atoms. The molecule has 0 fully saturated rings. The lowest BCUT2D eigenvalue weighted by atomic mass is 10.0. The van der Waals surface area contributed by atoms with Crippen LogP contribution in [0.3, 0.4) is 0 Å². The number of carbonyl (C=O) groups is 2. The summed E-state index contributed by atoms with van der Waals surface area (Å²) in [5.41, 5.74) is 0. The zero-order valence-corrected chi connectivity index (χ0v) is 46.1. The van der Waals surface area contributed by atoms with Crippen LogP contribution in [-0.2, 0) is 14.3 Å². The van der Waals surface area contributed by atoms with Crippen LogP contribution in [0.2, 0.25) is 0 Å². The van der Waals surface area contributed by atoms with E-state index in [1.807, 2.05) is 0 Å². The van der Waals surface area contributed by atoms with E-state index in [9.17, 15) is 19.8 Å². The van der Waals surface area contributed by atoms with Gasteiger partial charge in [-0.2, -0.15) is 0 Å². The third-order valence-electron chi connectivity index (χ3n) is 14.6. The Morgan fingerprint density at radius 3 is 1.04 bits per heavy atom. The molecule has 2 unspecified atom stereocenters. The number of ether oxygens (including phenoxy) is 1. The molecule has 0 aliphatic rings. The number of nitrogens with one attached hydrogen (secondary N) is 1. The minimum absolute atomic E-state index is 0.0251. The van der Waals surface area contributed by atoms with Crippen molar-refractivity contribution in [1.29, 1.82) is 0 Å². The topological polar surface area (TPSA) is 95.9 Å². The summed E-state index contributed by atoms with van der Waals surface area (Å²) < 4.78 is 5.47. The molecule has 0 saturated heterocycles. The standard InChI is InChI=1S/C62H121NO5/c1-3-5-7-9-11-13-15-17-19-21-23-24-26-27-29-31-34-38-42-46-50-54-60(65)59(58-64)63-61(66)55-51-47-43-39-35-33-37-41-45-49-53-57-68-62(67)56-52-48-44-40-36-32-30-28-25-22-20-18-16-14-12-10-8-6-4-2/h37,41,59-60,64-65H,3-36,38-40,42-58H2,1-2H3,(H,63,66)/b41-37-. The Morgan fingerprint density at radius 1 is 0.397 bits per heavy atom. The first-order valence-corrected chi connectivity index (χ1v) is 30.9. The van der Waals surface area contributed by atoms with Crippen LogP contribution in [0, 0.1) is 0 Å². The van der Waals surface area contributed by atoms with Crippen LogP contribution in [0.15, 0.2) is 12.2 Å². The van der Waals surface area contributed by atoms with Gasteiger partial charge in [-0.05, 0) is 51.4 Å². The average Bonchev–Trinajstić information content (AvgIpc) is 3.34. The second kappa shape index (κ2) is 58.2. The van der Waals surface area contributed by atoms with Crippen molar-refractivity contribution in [2.75, 3.05) is 13.2 Å². The molecule has 0 aliphatic carbocycles. The van der Waals surface area contributed by atoms with Gasteiger partial charge in [-0.1, -0.05) is 296 Å². The van der Waals surface area contributed by atoms with E-state index in [1.54, 1.807) is 0 Å². The number of aliphatic hydroxyl groups is 2. The van der Waals surface area contributed by atoms with Crippen molar-refractivity contribution in [3.8, 4) is 0 Å². The predicted octanol–water partition coefficient (Wildman–Crippen LogP) is 19.2. The summed E-state index contributed by atoms with van der Waals surface area (Å²) in [6, 6.07) is -0.562. The highest BCUT2D eigenvalue weighted by atomic mass is 16.5. The molecule has 404 valence electrons. The first kappa shape index (κ1) is 66.6. The van der Waals surface area contributed by atoms with E-state index in [-0.39, 0.29) is 18.5 Å². The second-order valence-corrected chi connectivity index (χ2v) is 21.4. The molecule has 0 aromatic heterocycles. The molecule has 0 radical (unpaired) electrons. The van der Waals surface area contributed by atoms with E-state index in [0.717, 1.165) is 77.0 Å². The van der Waals surface area contributed by atoms with Gasteiger partial charge in [0.2, 0.25) is 5.91 Å². The van der Waals surface area contributed by atoms with Crippen LogP contribution >= 0.6 is 0 Å². The van der Waals surface area contributed by atoms with Gasteiger partial charge in [-0.15, -0.1) is 0 Å². The SMILES string of the molecule is CCCCCCCCCCCCCCCCCCCCCCCC(O)C(CO)NC(=O)CCCCCCC/C=C\CCCCOC(=O)CCCCCCCCCCCCCCCCCCCCC. The van der Waals surface area contributed by atoms with E-state index >= 15 is 0 Å². The molecule has 68 heavy (non-hydrogen) atoms. The molecule has 0 saturated carbocycles. The fourth-order valence-corrected chi connectivity index (χ4v) is 9.81. The smallest absolute Gasteiger partial charge is 0.305 e. The monoisotopic (exact) mass is 960 g/mol. The summed E-state index contributed by atoms with van der Waals surface area (Å²) in [6.45, 7) is 4.91. The minimum atomic E-state index is -0.683. The average molecular weight is 961 g/mol. The Balaban J connectivity index is 3.46. The number of hydrogen-bond donors (Lipinski definition) is 3. The zero-order chi connectivity index (χ0) is 49.3. The Labute approximate surface area is 425 Å². The Hall–Kier alpha value is -1.40. The lowest BCUT2D eigenvalue weighted by Gasteiger charge is -2.22. The molecule has 0 heterocycles. The van der Waals surface area contributed by atoms with Crippen molar-refractivity contribution in [3.05, 3.63) is 12.2 Å². The van der Waals surface area contributed by atoms with Crippen LogP contribution in [-0.4, -0.2) is 47.4 Å². The van der Waals surface area contributed by atoms with Gasteiger partial charge in [0.25, 0.3) is 0 Å². The maximum absolute atomic E-state index is 12.5. The number of unbranched alkanes of at least 4 members (excludes halogenated alkanes) is 45. The summed E-state index contributed by atoms with van der Waals surface area (Å²) in [5.74, 6) is -0.0849. The first-order valence-electron chi connectivity index (χ1n) is 30.9. The lowest BCUT2D eigenvalue weighted by Crippen LogP contribution is -2.45. The van der Waals surface area contributed by atoms with Gasteiger partial charge in [0.1, 0.15) is 0 Å². The number of carbonyl (C=O) groups excluding carboxylic acids is 2. The number of rotatable bonds is 58. The molecule has 3 N–H and O–H groups in total. The van der Waals surface area contributed by atoms with Crippen molar-refractivity contribution in [2.24, 2.45) is 0 Å². The predicted molar refractivity (Wildman–Crippen MR) is 297 cm³/mol. The maximum Gasteiger partial charge on any atom is 0.305 e. The number of esters is 1. The van der Waals surface area contributed by atoms with Gasteiger partial charge in [0, 0.05) is 12.8 Å². The normalized spacial score (nSPS) is 12.6. The minimum Gasteiger partial charge on any atom is -0.466 e. The molecule has 0 aromatic rings. The van der Waals surface area contributed by atoms with Gasteiger partial charge in [-0.3, -0.25) is 9.59 Å². The highest BCUT2D eigenvalue weighted by Gasteiger charge is 2.20. The Morgan fingerprint density at radius 2 is 0.691 bits per heavy atom. The van der Waals surface area contributed by atoms with Crippen LogP contribution < -0.4 is 5.32 Å². The largest absolute Gasteiger partial charge is 0.466 e. The van der Waals surface area contributed by atoms with Crippen molar-refractivity contribution in [1.82, 2.24) is 5.32 Å². The van der Waals surface area contributed by atoms with Crippen LogP contribution in [0.25, 0.3) is 0 Å². The first-order chi connectivity index (χ1) is 33.5. The number of aliphatic hydroxyl groups excluding tert-OH is 2. The van der Waals surface area contributed by atoms with E-state index in [2.05, 4.69) is 31.3 Å². The van der Waals surface area contributed by atoms with Crippen molar-refractivity contribution in [2.45, 2.75) is 360 Å². The summed E-state index contributed by atoms with van der Waals surface area (Å²) in [5, 5.41) is 23.3. The molecule has 0 spiro atoms. The summed E-state index contributed by atoms with van der Waals surface area (Å²) in [6.07, 6.45) is 69.3. The van der Waals surface area contributed by atoms with Gasteiger partial charge < -0.3 is 20.3 Å². The Bertz CT molecular complexity index is 1020. The quantitative estimate of drug-likeness (QED) is 0.0321. The number of hydrogen-bond acceptors (Lipinski definition) is 5. The van der Waals surface area contributed by atoms with Gasteiger partial charge >= 0.3 is 5.97 Å². The molecule has 0 aliphatic heterocycles. The molecule has 6 heteroatoms. The van der Waals surface area contributed by atoms with Crippen molar-refractivity contribution < 1.29 is 24.5 Å². The third-order valence-corrected chi connectivity index (χ3v) is 14.6. The highest BCUT2D eigenvalue weighted by molar-refractivity contribution is 5.76. The van der Waals surface area contributed by atoms with Crippen molar-refractivity contribution in [3.63, 3.8) is 0 Å². The molecular formula is C62H121NO5. The molecule has 1 amide bonds. The third kappa shape index (κ3) is 53.9. The molecule has 0 aromatic carbocycles. The van der Waals surface area contributed by atoms with E-state index in [1.165, 1.54) is 238 Å². The maximum atomic E-state index is 12.5. The second-order valence-electron chi connectivity index (χ2n) is 21.4. The summed E-state index contributed by atoms with van der Waals surface area (Å²) in [7, 11) is 0. The van der Waals surface area contributed by atoms with Crippen LogP contribution in [0.1, 0.15) is 348 Å². The number of amides is 1. The zero-order valence-electron chi connectivity index (χ0n) is 46.1. The van der Waals surface area contributed by atoms with E-state index < -0.39 is 12.1 Å². The van der Waals surface area contributed by atoms with Gasteiger partial charge in [-0.25, -0.2) is 0 Å². The van der Waals surface area contributed by atoms with E-state index in [4.69, 9.17) is 4.74 Å². The lowest BCUT2D eigenvalue weighted by molar-refractivity contribution is -0.143. The fraction of sp³-hybridized carbons (Fsp3) is 0.935. The fourth-order valence-electron chi connectivity index (χ4n) is 9.81. The highest BCUT2D eigenvalue weighted by Crippen LogP contribution is 2.18.